The fraction of sp³-hybridized carbons (Fsp3) is 0.278. The van der Waals surface area contributed by atoms with Crippen LogP contribution in [0.4, 0.5) is 10.1 Å². The average molecular weight is 408 g/mol. The van der Waals surface area contributed by atoms with Crippen molar-refractivity contribution >= 4 is 56.5 Å². The number of rotatable bonds is 4. The third-order valence-corrected chi connectivity index (χ3v) is 6.85. The van der Waals surface area contributed by atoms with Crippen LogP contribution in [0.3, 0.4) is 0 Å². The van der Waals surface area contributed by atoms with Crippen LogP contribution in [0.1, 0.15) is 23.8 Å². The minimum atomic E-state index is -0.553. The lowest BCUT2D eigenvalue weighted by Crippen LogP contribution is -2.23. The number of amides is 1. The molecule has 0 fully saturated rings. The van der Waals surface area contributed by atoms with Gasteiger partial charge in [-0.3, -0.25) is 4.79 Å². The van der Waals surface area contributed by atoms with Crippen molar-refractivity contribution in [2.45, 2.75) is 36.5 Å². The molecule has 134 valence electrons. The van der Waals surface area contributed by atoms with Crippen molar-refractivity contribution in [1.29, 1.82) is 0 Å². The molecule has 0 aliphatic heterocycles. The molecule has 26 heavy (non-hydrogen) atoms. The first-order valence-electron chi connectivity index (χ1n) is 8.20. The molecule has 8 heteroatoms. The highest BCUT2D eigenvalue weighted by atomic mass is 35.5. The van der Waals surface area contributed by atoms with Gasteiger partial charge in [-0.15, -0.1) is 11.3 Å². The Morgan fingerprint density at radius 3 is 3.04 bits per heavy atom. The minimum absolute atomic E-state index is 0.121. The molecule has 1 aliphatic rings. The van der Waals surface area contributed by atoms with Gasteiger partial charge in [-0.05, 0) is 49.9 Å². The van der Waals surface area contributed by atoms with Gasteiger partial charge < -0.3 is 5.32 Å². The normalized spacial score (nSPS) is 14.4. The van der Waals surface area contributed by atoms with E-state index in [1.54, 1.807) is 30.7 Å². The Hall–Kier alpha value is -1.70. The molecule has 0 unspecified atom stereocenters. The van der Waals surface area contributed by atoms with Crippen molar-refractivity contribution in [1.82, 2.24) is 9.97 Å². The summed E-state index contributed by atoms with van der Waals surface area (Å²) in [4.78, 5) is 23.6. The summed E-state index contributed by atoms with van der Waals surface area (Å²) in [6.45, 7) is 1.79. The Morgan fingerprint density at radius 2 is 2.23 bits per heavy atom. The molecule has 1 N–H and O–H groups in total. The molecule has 4 rings (SSSR count). The number of benzene rings is 1. The molecule has 0 saturated carbocycles. The van der Waals surface area contributed by atoms with E-state index in [1.807, 2.05) is 0 Å². The largest absolute Gasteiger partial charge is 0.323 e. The molecule has 2 aromatic heterocycles. The second kappa shape index (κ2) is 7.13. The third-order valence-electron chi connectivity index (χ3n) is 4.31. The molecular formula is C18H15ClFN3OS2. The Bertz CT molecular complexity index is 1010. The van der Waals surface area contributed by atoms with Crippen LogP contribution in [0.2, 0.25) is 5.02 Å². The van der Waals surface area contributed by atoms with Crippen LogP contribution in [0.5, 0.6) is 0 Å². The summed E-state index contributed by atoms with van der Waals surface area (Å²) in [6.07, 6.45) is 4.82. The number of nitrogens with one attached hydrogen (secondary N) is 1. The van der Waals surface area contributed by atoms with E-state index in [0.717, 1.165) is 34.5 Å². The number of hydrogen-bond acceptors (Lipinski definition) is 5. The van der Waals surface area contributed by atoms with E-state index in [1.165, 1.54) is 34.3 Å². The molecule has 0 spiro atoms. The molecule has 4 nitrogen and oxygen atoms in total. The van der Waals surface area contributed by atoms with Crippen LogP contribution in [-0.2, 0) is 17.6 Å². The maximum Gasteiger partial charge on any atom is 0.237 e. The van der Waals surface area contributed by atoms with Gasteiger partial charge >= 0.3 is 0 Å². The Labute approximate surface area is 163 Å². The van der Waals surface area contributed by atoms with E-state index in [2.05, 4.69) is 15.3 Å². The molecular weight excluding hydrogens is 393 g/mol. The number of hydrogen-bond donors (Lipinski definition) is 1. The number of carbonyl (C=O) groups is 1. The lowest BCUT2D eigenvalue weighted by molar-refractivity contribution is -0.115. The Kier molecular flexibility index (Phi) is 4.86. The Morgan fingerprint density at radius 1 is 1.38 bits per heavy atom. The smallest absolute Gasteiger partial charge is 0.237 e. The van der Waals surface area contributed by atoms with Gasteiger partial charge in [0, 0.05) is 15.3 Å². The molecule has 2 heterocycles. The maximum atomic E-state index is 13.9. The minimum Gasteiger partial charge on any atom is -0.323 e. The summed E-state index contributed by atoms with van der Waals surface area (Å²) in [7, 11) is 0. The number of anilines is 1. The van der Waals surface area contributed by atoms with Crippen molar-refractivity contribution in [3.8, 4) is 0 Å². The maximum absolute atomic E-state index is 13.9. The highest BCUT2D eigenvalue weighted by Gasteiger charge is 2.24. The molecule has 1 aliphatic carbocycles. The van der Waals surface area contributed by atoms with E-state index in [9.17, 15) is 9.18 Å². The monoisotopic (exact) mass is 407 g/mol. The fourth-order valence-corrected chi connectivity index (χ4v) is 5.43. The molecule has 1 amide bonds. The van der Waals surface area contributed by atoms with E-state index in [0.29, 0.717) is 0 Å². The highest BCUT2D eigenvalue weighted by molar-refractivity contribution is 8.00. The standard InChI is InChI=1S/C18H15ClFN3OS2/c1-9(16(24)23-13-6-5-10(19)7-12(13)20)25-17-15-11-3-2-4-14(11)26-18(15)22-8-21-17/h5-9H,2-4H2,1H3,(H,23,24)/t9-/m0/s1. The number of nitrogens with zero attached hydrogens (tertiary/aromatic N) is 2. The van der Waals surface area contributed by atoms with Gasteiger partial charge in [0.25, 0.3) is 0 Å². The van der Waals surface area contributed by atoms with Crippen molar-refractivity contribution in [3.05, 3.63) is 45.8 Å². The number of thioether (sulfide) groups is 1. The zero-order valence-corrected chi connectivity index (χ0v) is 16.3. The van der Waals surface area contributed by atoms with Gasteiger partial charge in [-0.2, -0.15) is 0 Å². The average Bonchev–Trinajstić information content (AvgIpc) is 3.18. The van der Waals surface area contributed by atoms with Crippen LogP contribution < -0.4 is 5.32 Å². The lowest BCUT2D eigenvalue weighted by atomic mass is 10.2. The number of fused-ring (bicyclic) bond motifs is 3. The molecule has 3 aromatic rings. The van der Waals surface area contributed by atoms with Crippen molar-refractivity contribution in [2.75, 3.05) is 5.32 Å². The van der Waals surface area contributed by atoms with Gasteiger partial charge in [0.2, 0.25) is 5.91 Å². The first-order valence-corrected chi connectivity index (χ1v) is 10.3. The number of aryl methyl sites for hydroxylation is 2. The zero-order valence-electron chi connectivity index (χ0n) is 13.9. The van der Waals surface area contributed by atoms with Crippen LogP contribution in [-0.4, -0.2) is 21.1 Å². The summed E-state index contributed by atoms with van der Waals surface area (Å²) < 4.78 is 13.9. The van der Waals surface area contributed by atoms with Gasteiger partial charge in [0.05, 0.1) is 10.9 Å². The van der Waals surface area contributed by atoms with Gasteiger partial charge in [-0.25, -0.2) is 14.4 Å². The zero-order chi connectivity index (χ0) is 18.3. The van der Waals surface area contributed by atoms with Crippen LogP contribution in [0.15, 0.2) is 29.6 Å². The third kappa shape index (κ3) is 3.31. The van der Waals surface area contributed by atoms with Gasteiger partial charge in [0.15, 0.2) is 0 Å². The topological polar surface area (TPSA) is 54.9 Å². The summed E-state index contributed by atoms with van der Waals surface area (Å²) in [5.74, 6) is -0.835. The summed E-state index contributed by atoms with van der Waals surface area (Å²) in [6, 6.07) is 4.18. The molecule has 0 bridgehead atoms. The second-order valence-corrected chi connectivity index (χ2v) is 8.94. The van der Waals surface area contributed by atoms with Crippen molar-refractivity contribution in [2.24, 2.45) is 0 Å². The molecule has 0 radical (unpaired) electrons. The van der Waals surface area contributed by atoms with E-state index < -0.39 is 11.1 Å². The predicted molar refractivity (Wildman–Crippen MR) is 105 cm³/mol. The van der Waals surface area contributed by atoms with Crippen molar-refractivity contribution in [3.63, 3.8) is 0 Å². The Balaban J connectivity index is 1.55. The van der Waals surface area contributed by atoms with Gasteiger partial charge in [0.1, 0.15) is 22.0 Å². The molecule has 0 saturated heterocycles. The molecule has 1 aromatic carbocycles. The molecule has 1 atom stereocenters. The lowest BCUT2D eigenvalue weighted by Gasteiger charge is -2.13. The number of carbonyl (C=O) groups excluding carboxylic acids is 1. The van der Waals surface area contributed by atoms with E-state index in [4.69, 9.17) is 11.6 Å². The van der Waals surface area contributed by atoms with Crippen LogP contribution in [0, 0.1) is 5.82 Å². The SMILES string of the molecule is C[C@H](Sc1ncnc2sc3c(c12)CCC3)C(=O)Nc1ccc(Cl)cc1F. The number of aromatic nitrogens is 2. The quantitative estimate of drug-likeness (QED) is 0.483. The summed E-state index contributed by atoms with van der Waals surface area (Å²) >= 11 is 8.83. The number of halogens is 2. The number of thiophene rings is 1. The highest BCUT2D eigenvalue weighted by Crippen LogP contribution is 2.40. The predicted octanol–water partition coefficient (Wildman–Crippen LogP) is 5.09. The van der Waals surface area contributed by atoms with Crippen LogP contribution in [0.25, 0.3) is 10.2 Å². The van der Waals surface area contributed by atoms with Gasteiger partial charge in [-0.1, -0.05) is 23.4 Å². The van der Waals surface area contributed by atoms with E-state index in [-0.39, 0.29) is 16.6 Å². The first kappa shape index (κ1) is 17.7. The second-order valence-electron chi connectivity index (χ2n) is 6.09. The summed E-state index contributed by atoms with van der Waals surface area (Å²) in [5.41, 5.74) is 1.44. The van der Waals surface area contributed by atoms with Crippen molar-refractivity contribution < 1.29 is 9.18 Å². The fourth-order valence-electron chi connectivity index (χ4n) is 3.04. The first-order chi connectivity index (χ1) is 12.5. The van der Waals surface area contributed by atoms with Crippen LogP contribution >= 0.6 is 34.7 Å². The van der Waals surface area contributed by atoms with E-state index >= 15 is 0 Å². The summed E-state index contributed by atoms with van der Waals surface area (Å²) in [5, 5.41) is 4.37.